The summed E-state index contributed by atoms with van der Waals surface area (Å²) in [6.45, 7) is 16.8. The minimum Gasteiger partial charge on any atom is -0.323 e. The molecule has 106 valence electrons. The van der Waals surface area contributed by atoms with E-state index in [0.717, 1.165) is 11.4 Å². The summed E-state index contributed by atoms with van der Waals surface area (Å²) in [5.41, 5.74) is 7.89. The third-order valence-corrected chi connectivity index (χ3v) is 3.05. The first-order valence-corrected chi connectivity index (χ1v) is 13.0. The predicted octanol–water partition coefficient (Wildman–Crippen LogP) is 3.51. The van der Waals surface area contributed by atoms with Crippen molar-refractivity contribution in [3.05, 3.63) is 23.5 Å². The van der Waals surface area contributed by atoms with Crippen molar-refractivity contribution in [2.24, 2.45) is 0 Å². The average Bonchev–Trinajstić information content (AvgIpc) is 2.18. The fraction of sp³-hybridized carbons (Fsp3) is 0.667. The van der Waals surface area contributed by atoms with Crippen molar-refractivity contribution >= 4 is 16.6 Å². The molecule has 0 radical (unpaired) electrons. The van der Waals surface area contributed by atoms with Gasteiger partial charge >= 0.3 is 0 Å². The Morgan fingerprint density at radius 2 is 1.00 bits per heavy atom. The number of nitrogens with one attached hydrogen (secondary N) is 2. The Balaban J connectivity index is 4.17. The molecule has 0 saturated carbocycles. The highest BCUT2D eigenvalue weighted by molar-refractivity contribution is 6.69. The maximum atomic E-state index is 5.58. The molecule has 0 rings (SSSR count). The van der Waals surface area contributed by atoms with Gasteiger partial charge in [0.1, 0.15) is 0 Å². The summed E-state index contributed by atoms with van der Waals surface area (Å²) >= 11 is 0. The van der Waals surface area contributed by atoms with Crippen molar-refractivity contribution in [2.45, 2.75) is 53.1 Å². The molecule has 18 heavy (non-hydrogen) atoms. The summed E-state index contributed by atoms with van der Waals surface area (Å²) < 4.78 is 11.2. The van der Waals surface area contributed by atoms with Gasteiger partial charge in [-0.15, -0.1) is 0 Å². The van der Waals surface area contributed by atoms with Crippen LogP contribution in [-0.2, 0) is 9.05 Å². The second-order valence-electron chi connectivity index (χ2n) is 6.33. The van der Waals surface area contributed by atoms with Crippen LogP contribution in [0.2, 0.25) is 39.3 Å². The molecule has 0 saturated heterocycles. The van der Waals surface area contributed by atoms with Crippen molar-refractivity contribution in [1.29, 1.82) is 0 Å². The van der Waals surface area contributed by atoms with E-state index in [1.54, 1.807) is 0 Å². The topological polar surface area (TPSA) is 42.5 Å². The van der Waals surface area contributed by atoms with Crippen LogP contribution in [0.3, 0.4) is 0 Å². The average molecular weight is 289 g/mol. The van der Waals surface area contributed by atoms with Gasteiger partial charge in [-0.1, -0.05) is 0 Å². The van der Waals surface area contributed by atoms with Gasteiger partial charge < -0.3 is 9.05 Å². The molecule has 0 aliphatic rings. The Bertz CT molecular complexity index is 283. The SMILES string of the molecule is CC(=CC=C(C)NO[Si](C)(C)C)NO[Si](C)(C)C. The Morgan fingerprint density at radius 1 is 0.722 bits per heavy atom. The summed E-state index contributed by atoms with van der Waals surface area (Å²) in [5.74, 6) is 0. The quantitative estimate of drug-likeness (QED) is 0.427. The van der Waals surface area contributed by atoms with E-state index >= 15 is 0 Å². The fourth-order valence-electron chi connectivity index (χ4n) is 0.785. The largest absolute Gasteiger partial charge is 0.323 e. The Morgan fingerprint density at radius 3 is 1.22 bits per heavy atom. The summed E-state index contributed by atoms with van der Waals surface area (Å²) in [6, 6.07) is 0. The van der Waals surface area contributed by atoms with Gasteiger partial charge in [-0.3, -0.25) is 11.0 Å². The Kier molecular flexibility index (Phi) is 6.90. The van der Waals surface area contributed by atoms with Crippen molar-refractivity contribution in [2.75, 3.05) is 0 Å². The number of allylic oxidation sites excluding steroid dienone is 4. The summed E-state index contributed by atoms with van der Waals surface area (Å²) in [7, 11) is -3.05. The van der Waals surface area contributed by atoms with E-state index < -0.39 is 16.6 Å². The van der Waals surface area contributed by atoms with Crippen molar-refractivity contribution in [3.63, 3.8) is 0 Å². The van der Waals surface area contributed by atoms with Crippen LogP contribution in [0.4, 0.5) is 0 Å². The van der Waals surface area contributed by atoms with E-state index in [1.165, 1.54) is 0 Å². The van der Waals surface area contributed by atoms with Gasteiger partial charge in [0.2, 0.25) is 16.6 Å². The normalized spacial score (nSPS) is 14.7. The lowest BCUT2D eigenvalue weighted by Crippen LogP contribution is -2.33. The summed E-state index contributed by atoms with van der Waals surface area (Å²) in [4.78, 5) is 0. The van der Waals surface area contributed by atoms with Gasteiger partial charge in [0.15, 0.2) is 0 Å². The van der Waals surface area contributed by atoms with Crippen molar-refractivity contribution < 1.29 is 9.05 Å². The van der Waals surface area contributed by atoms with Crippen LogP contribution < -0.4 is 11.0 Å². The number of rotatable bonds is 7. The number of hydrogen-bond donors (Lipinski definition) is 2. The van der Waals surface area contributed by atoms with Gasteiger partial charge in [-0.2, -0.15) is 0 Å². The molecule has 0 aliphatic heterocycles. The first-order valence-electron chi connectivity index (χ1n) is 6.23. The predicted molar refractivity (Wildman–Crippen MR) is 82.6 cm³/mol. The highest BCUT2D eigenvalue weighted by Crippen LogP contribution is 2.03. The van der Waals surface area contributed by atoms with Crippen molar-refractivity contribution in [1.82, 2.24) is 11.0 Å². The minimum absolute atomic E-state index is 0.978. The maximum absolute atomic E-state index is 5.58. The second-order valence-corrected chi connectivity index (χ2v) is 15.2. The Labute approximate surface area is 114 Å². The van der Waals surface area contributed by atoms with Gasteiger partial charge in [-0.25, -0.2) is 0 Å². The zero-order valence-electron chi connectivity index (χ0n) is 13.0. The zero-order valence-corrected chi connectivity index (χ0v) is 15.0. The number of hydrogen-bond acceptors (Lipinski definition) is 4. The molecular formula is C12H28N2O2Si2. The molecule has 0 unspecified atom stereocenters. The van der Waals surface area contributed by atoms with Crippen molar-refractivity contribution in [3.8, 4) is 0 Å². The van der Waals surface area contributed by atoms with Gasteiger partial charge in [-0.05, 0) is 65.3 Å². The van der Waals surface area contributed by atoms with Crippen LogP contribution in [0.25, 0.3) is 0 Å². The molecule has 0 aliphatic carbocycles. The highest BCUT2D eigenvalue weighted by Gasteiger charge is 2.15. The van der Waals surface area contributed by atoms with E-state index in [4.69, 9.17) is 9.05 Å². The molecule has 0 spiro atoms. The van der Waals surface area contributed by atoms with Crippen LogP contribution in [0, 0.1) is 0 Å². The van der Waals surface area contributed by atoms with Gasteiger partial charge in [0, 0.05) is 11.4 Å². The minimum atomic E-state index is -1.52. The molecule has 0 atom stereocenters. The summed E-state index contributed by atoms with van der Waals surface area (Å²) in [5, 5.41) is 0. The molecule has 4 nitrogen and oxygen atoms in total. The molecule has 6 heteroatoms. The molecule has 0 aromatic rings. The molecule has 0 heterocycles. The standard InChI is InChI=1S/C12H28N2O2Si2/c1-11(13-15-17(3,4)5)9-10-12(2)14-16-18(6,7)8/h9-10,13-14H,1-8H3. The second kappa shape index (κ2) is 7.13. The Hall–Kier alpha value is -0.566. The maximum Gasteiger partial charge on any atom is 0.220 e. The van der Waals surface area contributed by atoms with Gasteiger partial charge in [0.25, 0.3) is 0 Å². The zero-order chi connectivity index (χ0) is 14.4. The number of hydroxylamine groups is 2. The van der Waals surface area contributed by atoms with Crippen LogP contribution in [-0.4, -0.2) is 16.6 Å². The van der Waals surface area contributed by atoms with E-state index in [1.807, 2.05) is 26.0 Å². The van der Waals surface area contributed by atoms with Crippen LogP contribution in [0.1, 0.15) is 13.8 Å². The smallest absolute Gasteiger partial charge is 0.220 e. The highest BCUT2D eigenvalue weighted by atomic mass is 28.4. The molecule has 2 N–H and O–H groups in total. The van der Waals surface area contributed by atoms with E-state index in [9.17, 15) is 0 Å². The lowest BCUT2D eigenvalue weighted by atomic mass is 10.4. The molecular weight excluding hydrogens is 260 g/mol. The third kappa shape index (κ3) is 11.9. The summed E-state index contributed by atoms with van der Waals surface area (Å²) in [6.07, 6.45) is 3.94. The monoisotopic (exact) mass is 288 g/mol. The molecule has 0 aromatic heterocycles. The molecule has 0 fully saturated rings. The molecule has 0 aromatic carbocycles. The van der Waals surface area contributed by atoms with Crippen LogP contribution in [0.5, 0.6) is 0 Å². The van der Waals surface area contributed by atoms with Crippen LogP contribution >= 0.6 is 0 Å². The molecule has 0 bridgehead atoms. The van der Waals surface area contributed by atoms with E-state index in [2.05, 4.69) is 50.2 Å². The molecule has 0 amide bonds. The first-order chi connectivity index (χ1) is 7.99. The van der Waals surface area contributed by atoms with E-state index in [-0.39, 0.29) is 0 Å². The van der Waals surface area contributed by atoms with Gasteiger partial charge in [0.05, 0.1) is 0 Å². The fourth-order valence-corrected chi connectivity index (χ4v) is 1.72. The lowest BCUT2D eigenvalue weighted by Gasteiger charge is -2.19. The first kappa shape index (κ1) is 17.4. The third-order valence-electron chi connectivity index (χ3n) is 1.62. The van der Waals surface area contributed by atoms with Crippen LogP contribution in [0.15, 0.2) is 23.5 Å². The van der Waals surface area contributed by atoms with E-state index in [0.29, 0.717) is 0 Å². The lowest BCUT2D eigenvalue weighted by molar-refractivity contribution is 0.219.